The van der Waals surface area contributed by atoms with Crippen LogP contribution in [0.1, 0.15) is 43.5 Å². The van der Waals surface area contributed by atoms with E-state index < -0.39 is 0 Å². The first kappa shape index (κ1) is 15.4. The van der Waals surface area contributed by atoms with Crippen molar-refractivity contribution in [2.24, 2.45) is 0 Å². The van der Waals surface area contributed by atoms with Crippen LogP contribution in [0.2, 0.25) is 0 Å². The van der Waals surface area contributed by atoms with Gasteiger partial charge < -0.3 is 10.6 Å². The molecule has 6 nitrogen and oxygen atoms in total. The molecule has 23 heavy (non-hydrogen) atoms. The van der Waals surface area contributed by atoms with E-state index in [9.17, 15) is 4.79 Å². The average molecular weight is 311 g/mol. The second-order valence-electron chi connectivity index (χ2n) is 5.68. The van der Waals surface area contributed by atoms with E-state index >= 15 is 0 Å². The number of amides is 2. The van der Waals surface area contributed by atoms with Crippen LogP contribution in [0.25, 0.3) is 11.4 Å². The van der Waals surface area contributed by atoms with Gasteiger partial charge in [0.05, 0.1) is 6.04 Å². The number of urea groups is 1. The van der Waals surface area contributed by atoms with Gasteiger partial charge in [-0.05, 0) is 37.8 Å². The number of aromatic nitrogens is 3. The summed E-state index contributed by atoms with van der Waals surface area (Å²) >= 11 is 0. The summed E-state index contributed by atoms with van der Waals surface area (Å²) in [6, 6.07) is 3.69. The fourth-order valence-electron chi connectivity index (χ4n) is 2.78. The van der Waals surface area contributed by atoms with Crippen molar-refractivity contribution < 1.29 is 4.79 Å². The first-order valence-electron chi connectivity index (χ1n) is 8.08. The Morgan fingerprint density at radius 1 is 1.39 bits per heavy atom. The number of hydrogen-bond donors (Lipinski definition) is 2. The van der Waals surface area contributed by atoms with Crippen LogP contribution >= 0.6 is 0 Å². The Kier molecular flexibility index (Phi) is 4.80. The number of hydrogen-bond acceptors (Lipinski definition) is 4. The number of aryl methyl sites for hydroxylation is 1. The third-order valence-corrected chi connectivity index (χ3v) is 3.94. The lowest BCUT2D eigenvalue weighted by Gasteiger charge is -2.25. The highest BCUT2D eigenvalue weighted by Gasteiger charge is 2.23. The zero-order valence-electron chi connectivity index (χ0n) is 13.2. The maximum atomic E-state index is 11.9. The van der Waals surface area contributed by atoms with Crippen molar-refractivity contribution in [3.63, 3.8) is 0 Å². The molecular weight excluding hydrogens is 290 g/mol. The van der Waals surface area contributed by atoms with Crippen LogP contribution in [0.4, 0.5) is 4.79 Å². The van der Waals surface area contributed by atoms with Gasteiger partial charge in [-0.1, -0.05) is 6.92 Å². The van der Waals surface area contributed by atoms with Crippen LogP contribution in [0.15, 0.2) is 30.7 Å². The second-order valence-corrected chi connectivity index (χ2v) is 5.68. The normalized spacial score (nSPS) is 16.5. The number of carbonyl (C=O) groups excluding carboxylic acids is 1. The molecule has 0 bridgehead atoms. The molecule has 0 fully saturated rings. The number of rotatable bonds is 4. The van der Waals surface area contributed by atoms with Gasteiger partial charge in [-0.15, -0.1) is 0 Å². The molecule has 0 aliphatic heterocycles. The molecule has 3 rings (SSSR count). The summed E-state index contributed by atoms with van der Waals surface area (Å²) in [5.41, 5.74) is 2.95. The zero-order valence-corrected chi connectivity index (χ0v) is 13.2. The van der Waals surface area contributed by atoms with Crippen molar-refractivity contribution in [2.75, 3.05) is 6.54 Å². The molecule has 1 aliphatic carbocycles. The van der Waals surface area contributed by atoms with Gasteiger partial charge in [0, 0.05) is 42.0 Å². The zero-order chi connectivity index (χ0) is 16.1. The Labute approximate surface area is 135 Å². The summed E-state index contributed by atoms with van der Waals surface area (Å²) in [4.78, 5) is 25.1. The van der Waals surface area contributed by atoms with E-state index in [1.807, 2.05) is 25.3 Å². The van der Waals surface area contributed by atoms with Gasteiger partial charge in [0.15, 0.2) is 5.82 Å². The molecule has 0 saturated heterocycles. The summed E-state index contributed by atoms with van der Waals surface area (Å²) in [6.07, 6.45) is 9.10. The predicted octanol–water partition coefficient (Wildman–Crippen LogP) is 2.63. The number of nitrogens with one attached hydrogen (secondary N) is 2. The number of nitrogens with zero attached hydrogens (tertiary/aromatic N) is 3. The van der Waals surface area contributed by atoms with Gasteiger partial charge in [0.25, 0.3) is 0 Å². The van der Waals surface area contributed by atoms with Crippen LogP contribution in [0, 0.1) is 0 Å². The van der Waals surface area contributed by atoms with Gasteiger partial charge in [-0.3, -0.25) is 4.98 Å². The Bertz CT molecular complexity index is 674. The van der Waals surface area contributed by atoms with Crippen molar-refractivity contribution >= 4 is 6.03 Å². The molecule has 120 valence electrons. The maximum absolute atomic E-state index is 11.9. The van der Waals surface area contributed by atoms with E-state index in [2.05, 4.69) is 25.6 Å². The minimum absolute atomic E-state index is 0.0152. The third-order valence-electron chi connectivity index (χ3n) is 3.94. The molecule has 1 atom stereocenters. The van der Waals surface area contributed by atoms with E-state index in [1.165, 1.54) is 0 Å². The average Bonchev–Trinajstić information content (AvgIpc) is 2.60. The van der Waals surface area contributed by atoms with E-state index in [4.69, 9.17) is 0 Å². The molecule has 2 aromatic heterocycles. The highest BCUT2D eigenvalue weighted by Crippen LogP contribution is 2.29. The lowest BCUT2D eigenvalue weighted by atomic mass is 9.92. The Morgan fingerprint density at radius 3 is 3.09 bits per heavy atom. The molecule has 1 aliphatic rings. The van der Waals surface area contributed by atoms with Crippen molar-refractivity contribution in [1.82, 2.24) is 25.6 Å². The molecule has 0 unspecified atom stereocenters. The van der Waals surface area contributed by atoms with E-state index in [0.29, 0.717) is 12.4 Å². The largest absolute Gasteiger partial charge is 0.338 e. The van der Waals surface area contributed by atoms with Gasteiger partial charge in [-0.2, -0.15) is 0 Å². The van der Waals surface area contributed by atoms with Crippen LogP contribution in [0.5, 0.6) is 0 Å². The fourth-order valence-corrected chi connectivity index (χ4v) is 2.78. The highest BCUT2D eigenvalue weighted by atomic mass is 16.2. The van der Waals surface area contributed by atoms with Gasteiger partial charge in [0.2, 0.25) is 0 Å². The molecule has 2 N–H and O–H groups in total. The van der Waals surface area contributed by atoms with Crippen molar-refractivity contribution in [3.05, 3.63) is 42.0 Å². The quantitative estimate of drug-likeness (QED) is 0.909. The second kappa shape index (κ2) is 7.17. The van der Waals surface area contributed by atoms with Gasteiger partial charge in [0.1, 0.15) is 0 Å². The monoisotopic (exact) mass is 311 g/mol. The minimum Gasteiger partial charge on any atom is -0.338 e. The summed E-state index contributed by atoms with van der Waals surface area (Å²) < 4.78 is 0. The number of fused-ring (bicyclic) bond motifs is 1. The minimum atomic E-state index is -0.124. The smallest absolute Gasteiger partial charge is 0.315 e. The summed E-state index contributed by atoms with van der Waals surface area (Å²) in [6.45, 7) is 2.71. The van der Waals surface area contributed by atoms with Crippen molar-refractivity contribution in [1.29, 1.82) is 0 Å². The highest BCUT2D eigenvalue weighted by molar-refractivity contribution is 5.74. The SMILES string of the molecule is CCCNC(=O)N[C@@H]1CCCc2nc(-c3cccnc3)ncc21. The Morgan fingerprint density at radius 2 is 2.30 bits per heavy atom. The van der Waals surface area contributed by atoms with E-state index in [-0.39, 0.29) is 12.1 Å². The molecule has 6 heteroatoms. The number of pyridine rings is 1. The van der Waals surface area contributed by atoms with Crippen LogP contribution in [-0.2, 0) is 6.42 Å². The van der Waals surface area contributed by atoms with Gasteiger partial charge in [-0.25, -0.2) is 14.8 Å². The summed E-state index contributed by atoms with van der Waals surface area (Å²) in [5, 5.41) is 5.88. The standard InChI is InChI=1S/C17H21N5O/c1-2-8-19-17(23)22-15-7-3-6-14-13(15)11-20-16(21-14)12-5-4-9-18-10-12/h4-5,9-11,15H,2-3,6-8H2,1H3,(H2,19,22,23)/t15-/m1/s1. The van der Waals surface area contributed by atoms with Crippen molar-refractivity contribution in [2.45, 2.75) is 38.6 Å². The lowest BCUT2D eigenvalue weighted by molar-refractivity contribution is 0.235. The van der Waals surface area contributed by atoms with Crippen LogP contribution in [0.3, 0.4) is 0 Å². The molecular formula is C17H21N5O. The molecule has 0 spiro atoms. The number of carbonyl (C=O) groups is 1. The Balaban J connectivity index is 1.79. The summed E-state index contributed by atoms with van der Waals surface area (Å²) in [5.74, 6) is 0.688. The fraction of sp³-hybridized carbons (Fsp3) is 0.412. The first-order valence-corrected chi connectivity index (χ1v) is 8.08. The summed E-state index contributed by atoms with van der Waals surface area (Å²) in [7, 11) is 0. The molecule has 2 aromatic rings. The lowest BCUT2D eigenvalue weighted by Crippen LogP contribution is -2.39. The predicted molar refractivity (Wildman–Crippen MR) is 87.8 cm³/mol. The molecule has 0 radical (unpaired) electrons. The van der Waals surface area contributed by atoms with Gasteiger partial charge >= 0.3 is 6.03 Å². The van der Waals surface area contributed by atoms with Crippen LogP contribution in [-0.4, -0.2) is 27.5 Å². The van der Waals surface area contributed by atoms with E-state index in [1.54, 1.807) is 12.4 Å². The third kappa shape index (κ3) is 3.64. The molecule has 0 aromatic carbocycles. The molecule has 0 saturated carbocycles. The first-order chi connectivity index (χ1) is 11.3. The Hall–Kier alpha value is -2.50. The van der Waals surface area contributed by atoms with Crippen molar-refractivity contribution in [3.8, 4) is 11.4 Å². The maximum Gasteiger partial charge on any atom is 0.315 e. The topological polar surface area (TPSA) is 79.8 Å². The molecule has 2 amide bonds. The molecule has 2 heterocycles. The van der Waals surface area contributed by atoms with E-state index in [0.717, 1.165) is 42.5 Å². The van der Waals surface area contributed by atoms with Crippen LogP contribution < -0.4 is 10.6 Å².